The molecule has 0 aliphatic carbocycles. The second kappa shape index (κ2) is 6.48. The molecule has 0 aliphatic heterocycles. The van der Waals surface area contributed by atoms with Crippen LogP contribution in [0.1, 0.15) is 19.4 Å². The summed E-state index contributed by atoms with van der Waals surface area (Å²) in [5.41, 5.74) is 1.47. The van der Waals surface area contributed by atoms with E-state index in [1.54, 1.807) is 18.2 Å². The fourth-order valence-electron chi connectivity index (χ4n) is 1.46. The molecule has 17 heavy (non-hydrogen) atoms. The number of ether oxygens (including phenoxy) is 1. The van der Waals surface area contributed by atoms with Gasteiger partial charge in [-0.05, 0) is 32.0 Å². The van der Waals surface area contributed by atoms with Crippen LogP contribution in [0.15, 0.2) is 18.2 Å². The van der Waals surface area contributed by atoms with E-state index in [9.17, 15) is 0 Å². The molecule has 0 aromatic heterocycles. The van der Waals surface area contributed by atoms with Crippen LogP contribution in [0.25, 0.3) is 0 Å². The van der Waals surface area contributed by atoms with Gasteiger partial charge < -0.3 is 9.64 Å². The Kier molecular flexibility index (Phi) is 5.27. The first kappa shape index (κ1) is 13.8. The Morgan fingerprint density at radius 2 is 2.18 bits per heavy atom. The topological polar surface area (TPSA) is 36.3 Å². The molecule has 0 atom stereocenters. The number of anilines is 1. The molecule has 0 bridgehead atoms. The highest BCUT2D eigenvalue weighted by atomic mass is 35.5. The molecule has 0 radical (unpaired) electrons. The van der Waals surface area contributed by atoms with Crippen molar-refractivity contribution in [2.75, 3.05) is 25.1 Å². The summed E-state index contributed by atoms with van der Waals surface area (Å²) in [4.78, 5) is 1.98. The van der Waals surface area contributed by atoms with Gasteiger partial charge in [0.2, 0.25) is 0 Å². The third-order valence-corrected chi connectivity index (χ3v) is 2.60. The van der Waals surface area contributed by atoms with Crippen LogP contribution in [0.4, 0.5) is 5.69 Å². The lowest BCUT2D eigenvalue weighted by Gasteiger charge is -2.21. The molecule has 0 N–H and O–H groups in total. The zero-order valence-corrected chi connectivity index (χ0v) is 11.2. The van der Waals surface area contributed by atoms with E-state index in [-0.39, 0.29) is 6.10 Å². The molecular formula is C13H17ClN2O. The largest absolute Gasteiger partial charge is 0.377 e. The van der Waals surface area contributed by atoms with E-state index in [4.69, 9.17) is 21.6 Å². The van der Waals surface area contributed by atoms with Crippen molar-refractivity contribution < 1.29 is 4.74 Å². The Bertz CT molecular complexity index is 412. The number of likely N-dealkylation sites (N-methyl/N-ethyl adjacent to an activating group) is 1. The van der Waals surface area contributed by atoms with E-state index in [1.807, 2.05) is 25.8 Å². The summed E-state index contributed by atoms with van der Waals surface area (Å²) in [5.74, 6) is 0. The first-order valence-electron chi connectivity index (χ1n) is 5.57. The SMILES string of the molecule is CC(C)OCCN(C)c1cc(Cl)ccc1C#N. The summed E-state index contributed by atoms with van der Waals surface area (Å²) in [6.07, 6.45) is 0.221. The van der Waals surface area contributed by atoms with Crippen molar-refractivity contribution in [3.8, 4) is 6.07 Å². The van der Waals surface area contributed by atoms with Crippen LogP contribution in [-0.2, 0) is 4.74 Å². The summed E-state index contributed by atoms with van der Waals surface area (Å²) >= 11 is 5.94. The highest BCUT2D eigenvalue weighted by Crippen LogP contribution is 2.23. The number of rotatable bonds is 5. The van der Waals surface area contributed by atoms with E-state index < -0.39 is 0 Å². The predicted octanol–water partition coefficient (Wildman–Crippen LogP) is 3.07. The lowest BCUT2D eigenvalue weighted by molar-refractivity contribution is 0.0846. The summed E-state index contributed by atoms with van der Waals surface area (Å²) in [6.45, 7) is 5.36. The number of hydrogen-bond acceptors (Lipinski definition) is 3. The Balaban J connectivity index is 2.71. The fourth-order valence-corrected chi connectivity index (χ4v) is 1.63. The van der Waals surface area contributed by atoms with Crippen LogP contribution in [0, 0.1) is 11.3 Å². The number of nitriles is 1. The monoisotopic (exact) mass is 252 g/mol. The first-order chi connectivity index (χ1) is 8.04. The van der Waals surface area contributed by atoms with Gasteiger partial charge in [0.15, 0.2) is 0 Å². The molecule has 0 spiro atoms. The van der Waals surface area contributed by atoms with Crippen LogP contribution in [0.3, 0.4) is 0 Å². The van der Waals surface area contributed by atoms with Crippen LogP contribution in [0.5, 0.6) is 0 Å². The van der Waals surface area contributed by atoms with E-state index in [1.165, 1.54) is 0 Å². The van der Waals surface area contributed by atoms with Crippen molar-refractivity contribution in [2.24, 2.45) is 0 Å². The average molecular weight is 253 g/mol. The highest BCUT2D eigenvalue weighted by Gasteiger charge is 2.08. The van der Waals surface area contributed by atoms with Crippen molar-refractivity contribution >= 4 is 17.3 Å². The summed E-state index contributed by atoms with van der Waals surface area (Å²) < 4.78 is 5.48. The number of halogens is 1. The Morgan fingerprint density at radius 3 is 2.76 bits per heavy atom. The van der Waals surface area contributed by atoms with Gasteiger partial charge in [-0.2, -0.15) is 5.26 Å². The minimum atomic E-state index is 0.221. The molecule has 0 aliphatic rings. The Labute approximate surface area is 108 Å². The zero-order chi connectivity index (χ0) is 12.8. The van der Waals surface area contributed by atoms with E-state index in [0.717, 1.165) is 12.2 Å². The average Bonchev–Trinajstić information content (AvgIpc) is 2.28. The number of hydrogen-bond donors (Lipinski definition) is 0. The van der Waals surface area contributed by atoms with Gasteiger partial charge in [-0.25, -0.2) is 0 Å². The van der Waals surface area contributed by atoms with Crippen LogP contribution >= 0.6 is 11.6 Å². The maximum absolute atomic E-state index is 9.02. The maximum Gasteiger partial charge on any atom is 0.101 e. The molecule has 1 rings (SSSR count). The van der Waals surface area contributed by atoms with Crippen molar-refractivity contribution in [1.29, 1.82) is 5.26 Å². The first-order valence-corrected chi connectivity index (χ1v) is 5.94. The van der Waals surface area contributed by atoms with Gasteiger partial charge in [-0.3, -0.25) is 0 Å². The molecule has 0 heterocycles. The minimum Gasteiger partial charge on any atom is -0.377 e. The van der Waals surface area contributed by atoms with E-state index in [0.29, 0.717) is 17.2 Å². The molecule has 0 saturated heterocycles. The summed E-state index contributed by atoms with van der Waals surface area (Å²) in [5, 5.41) is 9.66. The molecule has 3 nitrogen and oxygen atoms in total. The second-order valence-corrected chi connectivity index (χ2v) is 4.55. The molecule has 1 aromatic carbocycles. The predicted molar refractivity (Wildman–Crippen MR) is 70.5 cm³/mol. The van der Waals surface area contributed by atoms with Gasteiger partial charge in [0.1, 0.15) is 6.07 Å². The smallest absolute Gasteiger partial charge is 0.101 e. The third-order valence-electron chi connectivity index (χ3n) is 2.37. The molecule has 0 saturated carbocycles. The summed E-state index contributed by atoms with van der Waals surface area (Å²) in [6, 6.07) is 7.42. The van der Waals surface area contributed by atoms with Gasteiger partial charge in [0.25, 0.3) is 0 Å². The van der Waals surface area contributed by atoms with Crippen molar-refractivity contribution in [2.45, 2.75) is 20.0 Å². The molecule has 0 fully saturated rings. The van der Waals surface area contributed by atoms with Gasteiger partial charge in [0, 0.05) is 18.6 Å². The zero-order valence-electron chi connectivity index (χ0n) is 10.4. The highest BCUT2D eigenvalue weighted by molar-refractivity contribution is 6.30. The Hall–Kier alpha value is -1.24. The summed E-state index contributed by atoms with van der Waals surface area (Å²) in [7, 11) is 1.93. The minimum absolute atomic E-state index is 0.221. The standard InChI is InChI=1S/C13H17ClN2O/c1-10(2)17-7-6-16(3)13-8-12(14)5-4-11(13)9-15/h4-5,8,10H,6-7H2,1-3H3. The number of benzene rings is 1. The van der Waals surface area contributed by atoms with E-state index in [2.05, 4.69) is 6.07 Å². The fraction of sp³-hybridized carbons (Fsp3) is 0.462. The quantitative estimate of drug-likeness (QED) is 0.808. The Morgan fingerprint density at radius 1 is 1.47 bits per heavy atom. The van der Waals surface area contributed by atoms with Gasteiger partial charge in [-0.1, -0.05) is 11.6 Å². The van der Waals surface area contributed by atoms with Crippen molar-refractivity contribution in [1.82, 2.24) is 0 Å². The van der Waals surface area contributed by atoms with E-state index >= 15 is 0 Å². The van der Waals surface area contributed by atoms with Crippen LogP contribution in [0.2, 0.25) is 5.02 Å². The molecule has 0 unspecified atom stereocenters. The third kappa shape index (κ3) is 4.26. The van der Waals surface area contributed by atoms with Crippen LogP contribution in [-0.4, -0.2) is 26.3 Å². The van der Waals surface area contributed by atoms with Gasteiger partial charge in [0.05, 0.1) is 24.0 Å². The van der Waals surface area contributed by atoms with Crippen LogP contribution < -0.4 is 4.90 Å². The molecule has 92 valence electrons. The maximum atomic E-state index is 9.02. The van der Waals surface area contributed by atoms with Gasteiger partial charge in [-0.15, -0.1) is 0 Å². The molecule has 4 heteroatoms. The van der Waals surface area contributed by atoms with Crippen molar-refractivity contribution in [3.63, 3.8) is 0 Å². The van der Waals surface area contributed by atoms with Gasteiger partial charge >= 0.3 is 0 Å². The molecule has 0 amide bonds. The van der Waals surface area contributed by atoms with Crippen molar-refractivity contribution in [3.05, 3.63) is 28.8 Å². The molecule has 1 aromatic rings. The lowest BCUT2D eigenvalue weighted by Crippen LogP contribution is -2.24. The second-order valence-electron chi connectivity index (χ2n) is 4.11. The normalized spacial score (nSPS) is 10.4. The lowest BCUT2D eigenvalue weighted by atomic mass is 10.2. The number of nitrogens with zero attached hydrogens (tertiary/aromatic N) is 2. The molecular weight excluding hydrogens is 236 g/mol.